The standard InChI is InChI=1S/C13H22N2O/c1-10(2)15-9-11-8-14-7-6-12(11)16-13(3,4)5/h6-8,10,15H,9H2,1-5H3. The number of rotatable bonds is 4. The maximum atomic E-state index is 5.89. The van der Waals surface area contributed by atoms with Crippen molar-refractivity contribution in [2.24, 2.45) is 0 Å². The third-order valence-electron chi connectivity index (χ3n) is 1.98. The minimum Gasteiger partial charge on any atom is -0.488 e. The van der Waals surface area contributed by atoms with Crippen molar-refractivity contribution < 1.29 is 4.74 Å². The highest BCUT2D eigenvalue weighted by Crippen LogP contribution is 2.21. The van der Waals surface area contributed by atoms with Crippen LogP contribution >= 0.6 is 0 Å². The second-order valence-corrected chi connectivity index (χ2v) is 5.23. The van der Waals surface area contributed by atoms with Crippen LogP contribution in [-0.4, -0.2) is 16.6 Å². The number of ether oxygens (including phenoxy) is 1. The lowest BCUT2D eigenvalue weighted by molar-refractivity contribution is 0.129. The fourth-order valence-electron chi connectivity index (χ4n) is 1.29. The lowest BCUT2D eigenvalue weighted by Crippen LogP contribution is -2.26. The molecule has 0 atom stereocenters. The van der Waals surface area contributed by atoms with E-state index in [9.17, 15) is 0 Å². The smallest absolute Gasteiger partial charge is 0.127 e. The zero-order chi connectivity index (χ0) is 12.2. The van der Waals surface area contributed by atoms with Gasteiger partial charge in [0.25, 0.3) is 0 Å². The van der Waals surface area contributed by atoms with E-state index < -0.39 is 0 Å². The lowest BCUT2D eigenvalue weighted by Gasteiger charge is -2.23. The minimum atomic E-state index is -0.173. The fourth-order valence-corrected chi connectivity index (χ4v) is 1.29. The molecule has 0 spiro atoms. The van der Waals surface area contributed by atoms with Crippen molar-refractivity contribution >= 4 is 0 Å². The van der Waals surface area contributed by atoms with Crippen LogP contribution in [0.2, 0.25) is 0 Å². The molecule has 0 radical (unpaired) electrons. The number of pyridine rings is 1. The van der Waals surface area contributed by atoms with Gasteiger partial charge in [0.05, 0.1) is 0 Å². The first-order valence-electron chi connectivity index (χ1n) is 5.74. The zero-order valence-electron chi connectivity index (χ0n) is 10.9. The van der Waals surface area contributed by atoms with Crippen LogP contribution in [0, 0.1) is 0 Å². The van der Waals surface area contributed by atoms with Crippen molar-refractivity contribution in [3.05, 3.63) is 24.0 Å². The van der Waals surface area contributed by atoms with Crippen LogP contribution in [0.3, 0.4) is 0 Å². The summed E-state index contributed by atoms with van der Waals surface area (Å²) in [6.45, 7) is 11.2. The molecule has 0 unspecified atom stereocenters. The largest absolute Gasteiger partial charge is 0.488 e. The van der Waals surface area contributed by atoms with E-state index >= 15 is 0 Å². The highest BCUT2D eigenvalue weighted by molar-refractivity contribution is 5.30. The zero-order valence-corrected chi connectivity index (χ0v) is 10.9. The van der Waals surface area contributed by atoms with Crippen molar-refractivity contribution in [2.75, 3.05) is 0 Å². The van der Waals surface area contributed by atoms with Crippen LogP contribution in [0.5, 0.6) is 5.75 Å². The van der Waals surface area contributed by atoms with E-state index in [-0.39, 0.29) is 5.60 Å². The quantitative estimate of drug-likeness (QED) is 0.850. The fraction of sp³-hybridized carbons (Fsp3) is 0.615. The Bertz CT molecular complexity index is 329. The van der Waals surface area contributed by atoms with Gasteiger partial charge < -0.3 is 10.1 Å². The van der Waals surface area contributed by atoms with Crippen LogP contribution in [0.1, 0.15) is 40.2 Å². The molecule has 0 aromatic carbocycles. The molecule has 1 rings (SSSR count). The van der Waals surface area contributed by atoms with E-state index in [4.69, 9.17) is 4.74 Å². The first kappa shape index (κ1) is 13.0. The first-order chi connectivity index (χ1) is 7.38. The Labute approximate surface area is 98.2 Å². The van der Waals surface area contributed by atoms with Gasteiger partial charge in [-0.25, -0.2) is 0 Å². The molecule has 0 saturated carbocycles. The Hall–Kier alpha value is -1.09. The van der Waals surface area contributed by atoms with Gasteiger partial charge in [0.15, 0.2) is 0 Å². The highest BCUT2D eigenvalue weighted by atomic mass is 16.5. The topological polar surface area (TPSA) is 34.2 Å². The van der Waals surface area contributed by atoms with Gasteiger partial charge in [0.2, 0.25) is 0 Å². The SMILES string of the molecule is CC(C)NCc1cnccc1OC(C)(C)C. The van der Waals surface area contributed by atoms with Gasteiger partial charge in [0, 0.05) is 30.5 Å². The number of nitrogens with one attached hydrogen (secondary N) is 1. The maximum absolute atomic E-state index is 5.89. The van der Waals surface area contributed by atoms with Gasteiger partial charge in [-0.2, -0.15) is 0 Å². The van der Waals surface area contributed by atoms with Crippen LogP contribution in [-0.2, 0) is 6.54 Å². The molecule has 16 heavy (non-hydrogen) atoms. The molecule has 0 aliphatic carbocycles. The summed E-state index contributed by atoms with van der Waals surface area (Å²) in [5.74, 6) is 0.913. The Kier molecular flexibility index (Phi) is 4.30. The van der Waals surface area contributed by atoms with Crippen molar-refractivity contribution in [2.45, 2.75) is 52.8 Å². The third-order valence-corrected chi connectivity index (χ3v) is 1.98. The van der Waals surface area contributed by atoms with E-state index in [1.165, 1.54) is 0 Å². The van der Waals surface area contributed by atoms with Crippen molar-refractivity contribution in [3.63, 3.8) is 0 Å². The molecule has 1 aromatic rings. The van der Waals surface area contributed by atoms with E-state index in [0.29, 0.717) is 6.04 Å². The summed E-state index contributed by atoms with van der Waals surface area (Å²) >= 11 is 0. The van der Waals surface area contributed by atoms with Gasteiger partial charge in [-0.05, 0) is 26.8 Å². The first-order valence-corrected chi connectivity index (χ1v) is 5.74. The monoisotopic (exact) mass is 222 g/mol. The molecule has 3 heteroatoms. The summed E-state index contributed by atoms with van der Waals surface area (Å²) in [5, 5.41) is 3.37. The Morgan fingerprint density at radius 1 is 1.38 bits per heavy atom. The summed E-state index contributed by atoms with van der Waals surface area (Å²) in [7, 11) is 0. The Morgan fingerprint density at radius 2 is 2.06 bits per heavy atom. The van der Waals surface area contributed by atoms with Gasteiger partial charge in [-0.1, -0.05) is 13.8 Å². The molecular formula is C13H22N2O. The summed E-state index contributed by atoms with van der Waals surface area (Å²) in [6, 6.07) is 2.38. The molecular weight excluding hydrogens is 200 g/mol. The second kappa shape index (κ2) is 5.30. The molecule has 1 N–H and O–H groups in total. The summed E-state index contributed by atoms with van der Waals surface area (Å²) in [4.78, 5) is 4.13. The molecule has 1 aromatic heterocycles. The summed E-state index contributed by atoms with van der Waals surface area (Å²) in [6.07, 6.45) is 3.62. The van der Waals surface area contributed by atoms with Gasteiger partial charge in [-0.3, -0.25) is 4.98 Å². The summed E-state index contributed by atoms with van der Waals surface area (Å²) in [5.41, 5.74) is 0.930. The third kappa shape index (κ3) is 4.62. The van der Waals surface area contributed by atoms with Crippen molar-refractivity contribution in [1.29, 1.82) is 0 Å². The molecule has 90 valence electrons. The summed E-state index contributed by atoms with van der Waals surface area (Å²) < 4.78 is 5.89. The lowest BCUT2D eigenvalue weighted by atomic mass is 10.1. The number of nitrogens with zero attached hydrogens (tertiary/aromatic N) is 1. The van der Waals surface area contributed by atoms with E-state index in [1.54, 1.807) is 6.20 Å². The highest BCUT2D eigenvalue weighted by Gasteiger charge is 2.14. The molecule has 0 aliphatic heterocycles. The molecule has 3 nitrogen and oxygen atoms in total. The normalized spacial score (nSPS) is 11.9. The molecule has 0 amide bonds. The molecule has 0 saturated heterocycles. The molecule has 0 bridgehead atoms. The average Bonchev–Trinajstić information content (AvgIpc) is 2.14. The van der Waals surface area contributed by atoms with Gasteiger partial charge in [0.1, 0.15) is 11.4 Å². The van der Waals surface area contributed by atoms with Crippen LogP contribution in [0.15, 0.2) is 18.5 Å². The minimum absolute atomic E-state index is 0.173. The van der Waals surface area contributed by atoms with E-state index in [0.717, 1.165) is 17.9 Å². The predicted octanol–water partition coefficient (Wildman–Crippen LogP) is 2.76. The Balaban J connectivity index is 2.75. The van der Waals surface area contributed by atoms with Crippen molar-refractivity contribution in [3.8, 4) is 5.75 Å². The van der Waals surface area contributed by atoms with E-state index in [1.807, 2.05) is 33.0 Å². The van der Waals surface area contributed by atoms with Crippen LogP contribution < -0.4 is 10.1 Å². The van der Waals surface area contributed by atoms with Gasteiger partial charge in [-0.15, -0.1) is 0 Å². The van der Waals surface area contributed by atoms with Crippen LogP contribution in [0.25, 0.3) is 0 Å². The molecule has 0 fully saturated rings. The Morgan fingerprint density at radius 3 is 2.62 bits per heavy atom. The van der Waals surface area contributed by atoms with E-state index in [2.05, 4.69) is 24.1 Å². The second-order valence-electron chi connectivity index (χ2n) is 5.23. The molecule has 0 aliphatic rings. The molecule has 1 heterocycles. The van der Waals surface area contributed by atoms with Gasteiger partial charge >= 0.3 is 0 Å². The maximum Gasteiger partial charge on any atom is 0.127 e. The predicted molar refractivity (Wildman–Crippen MR) is 66.6 cm³/mol. The number of hydrogen-bond acceptors (Lipinski definition) is 3. The number of aromatic nitrogens is 1. The van der Waals surface area contributed by atoms with Crippen molar-refractivity contribution in [1.82, 2.24) is 10.3 Å². The van der Waals surface area contributed by atoms with Crippen LogP contribution in [0.4, 0.5) is 0 Å². The average molecular weight is 222 g/mol. The number of hydrogen-bond donors (Lipinski definition) is 1.